The second-order valence-electron chi connectivity index (χ2n) is 4.47. The zero-order chi connectivity index (χ0) is 12.1. The molecule has 1 rings (SSSR count). The van der Waals surface area contributed by atoms with E-state index in [1.54, 1.807) is 18.4 Å². The van der Waals surface area contributed by atoms with Crippen molar-refractivity contribution < 1.29 is 4.74 Å². The van der Waals surface area contributed by atoms with E-state index in [0.717, 1.165) is 6.54 Å². The summed E-state index contributed by atoms with van der Waals surface area (Å²) in [6, 6.07) is 2.56. The molecule has 0 saturated heterocycles. The Morgan fingerprint density at radius 2 is 2.12 bits per heavy atom. The highest BCUT2D eigenvalue weighted by atomic mass is 32.1. The summed E-state index contributed by atoms with van der Waals surface area (Å²) in [5, 5.41) is 5.76. The van der Waals surface area contributed by atoms with Crippen molar-refractivity contribution in [1.29, 1.82) is 0 Å². The standard InChI is InChI=1S/C13H23NOS/c1-6-14-12(13(15-5)9(2)3)11-7-10(4)16-8-11/h7-9,12-14H,6H2,1-5H3. The third-order valence-corrected chi connectivity index (χ3v) is 3.67. The number of likely N-dealkylation sites (N-methyl/N-ethyl adjacent to an activating group) is 1. The van der Waals surface area contributed by atoms with Crippen LogP contribution in [0.4, 0.5) is 0 Å². The van der Waals surface area contributed by atoms with E-state index >= 15 is 0 Å². The average molecular weight is 241 g/mol. The third kappa shape index (κ3) is 3.30. The molecule has 0 radical (unpaired) electrons. The summed E-state index contributed by atoms with van der Waals surface area (Å²) in [6.45, 7) is 9.66. The monoisotopic (exact) mass is 241 g/mol. The molecule has 0 fully saturated rings. The van der Waals surface area contributed by atoms with Gasteiger partial charge in [-0.05, 0) is 36.4 Å². The molecule has 2 nitrogen and oxygen atoms in total. The van der Waals surface area contributed by atoms with Crippen LogP contribution in [-0.4, -0.2) is 19.8 Å². The molecule has 0 saturated carbocycles. The first-order valence-electron chi connectivity index (χ1n) is 5.91. The number of hydrogen-bond acceptors (Lipinski definition) is 3. The zero-order valence-corrected chi connectivity index (χ0v) is 11.7. The van der Waals surface area contributed by atoms with E-state index in [1.165, 1.54) is 10.4 Å². The van der Waals surface area contributed by atoms with Gasteiger partial charge >= 0.3 is 0 Å². The van der Waals surface area contributed by atoms with Crippen molar-refractivity contribution in [3.63, 3.8) is 0 Å². The number of rotatable bonds is 6. The molecule has 0 aliphatic carbocycles. The van der Waals surface area contributed by atoms with Crippen LogP contribution in [0.1, 0.15) is 37.3 Å². The van der Waals surface area contributed by atoms with Gasteiger partial charge in [0.15, 0.2) is 0 Å². The minimum atomic E-state index is 0.231. The average Bonchev–Trinajstić information content (AvgIpc) is 2.64. The number of aryl methyl sites for hydroxylation is 1. The molecule has 0 aliphatic heterocycles. The molecular formula is C13H23NOS. The van der Waals surface area contributed by atoms with Gasteiger partial charge in [0, 0.05) is 12.0 Å². The molecule has 1 heterocycles. The highest BCUT2D eigenvalue weighted by Crippen LogP contribution is 2.27. The lowest BCUT2D eigenvalue weighted by Gasteiger charge is -2.29. The lowest BCUT2D eigenvalue weighted by molar-refractivity contribution is 0.0332. The van der Waals surface area contributed by atoms with Gasteiger partial charge in [-0.3, -0.25) is 0 Å². The van der Waals surface area contributed by atoms with Crippen molar-refractivity contribution in [2.45, 2.75) is 39.8 Å². The molecule has 0 spiro atoms. The maximum absolute atomic E-state index is 5.63. The topological polar surface area (TPSA) is 21.3 Å². The molecule has 16 heavy (non-hydrogen) atoms. The molecule has 1 aromatic heterocycles. The van der Waals surface area contributed by atoms with Crippen LogP contribution in [0.25, 0.3) is 0 Å². The zero-order valence-electron chi connectivity index (χ0n) is 10.9. The summed E-state index contributed by atoms with van der Waals surface area (Å²) in [5.74, 6) is 0.509. The van der Waals surface area contributed by atoms with Crippen molar-refractivity contribution in [1.82, 2.24) is 5.32 Å². The van der Waals surface area contributed by atoms with E-state index < -0.39 is 0 Å². The molecular weight excluding hydrogens is 218 g/mol. The fourth-order valence-corrected chi connectivity index (χ4v) is 2.80. The Kier molecular flexibility index (Phi) is 5.46. The van der Waals surface area contributed by atoms with Crippen LogP contribution in [0, 0.1) is 12.8 Å². The highest BCUT2D eigenvalue weighted by Gasteiger charge is 2.25. The van der Waals surface area contributed by atoms with Gasteiger partial charge in [-0.2, -0.15) is 0 Å². The second-order valence-corrected chi connectivity index (χ2v) is 5.59. The van der Waals surface area contributed by atoms with E-state index in [4.69, 9.17) is 4.74 Å². The fraction of sp³-hybridized carbons (Fsp3) is 0.692. The van der Waals surface area contributed by atoms with E-state index in [2.05, 4.69) is 44.5 Å². The SMILES string of the molecule is CCNC(c1csc(C)c1)C(OC)C(C)C. The van der Waals surface area contributed by atoms with E-state index in [0.29, 0.717) is 12.0 Å². The maximum atomic E-state index is 5.63. The van der Waals surface area contributed by atoms with Crippen LogP contribution >= 0.6 is 11.3 Å². The van der Waals surface area contributed by atoms with Crippen LogP contribution < -0.4 is 5.32 Å². The molecule has 0 aliphatic rings. The van der Waals surface area contributed by atoms with Gasteiger partial charge in [0.25, 0.3) is 0 Å². The van der Waals surface area contributed by atoms with Gasteiger partial charge in [0.1, 0.15) is 0 Å². The van der Waals surface area contributed by atoms with Crippen LogP contribution in [0.2, 0.25) is 0 Å². The van der Waals surface area contributed by atoms with Crippen molar-refractivity contribution in [3.05, 3.63) is 21.9 Å². The first-order valence-corrected chi connectivity index (χ1v) is 6.79. The summed E-state index contributed by atoms with van der Waals surface area (Å²) >= 11 is 1.80. The van der Waals surface area contributed by atoms with Crippen molar-refractivity contribution in [2.24, 2.45) is 5.92 Å². The Bertz CT molecular complexity index is 309. The van der Waals surface area contributed by atoms with E-state index in [9.17, 15) is 0 Å². The number of hydrogen-bond donors (Lipinski definition) is 1. The van der Waals surface area contributed by atoms with Crippen LogP contribution in [0.3, 0.4) is 0 Å². The van der Waals surface area contributed by atoms with E-state index in [1.807, 2.05) is 0 Å². The van der Waals surface area contributed by atoms with Gasteiger partial charge in [-0.25, -0.2) is 0 Å². The first-order chi connectivity index (χ1) is 7.60. The molecule has 2 atom stereocenters. The summed E-state index contributed by atoms with van der Waals surface area (Å²) in [5.41, 5.74) is 1.35. The van der Waals surface area contributed by atoms with Crippen LogP contribution in [-0.2, 0) is 4.74 Å². The maximum Gasteiger partial charge on any atom is 0.0789 e. The van der Waals surface area contributed by atoms with Gasteiger partial charge in [0.05, 0.1) is 12.1 Å². The Morgan fingerprint density at radius 3 is 2.50 bits per heavy atom. The lowest BCUT2D eigenvalue weighted by atomic mass is 9.95. The van der Waals surface area contributed by atoms with Gasteiger partial charge in [-0.1, -0.05) is 20.8 Å². The molecule has 3 heteroatoms. The van der Waals surface area contributed by atoms with Gasteiger partial charge in [-0.15, -0.1) is 11.3 Å². The molecule has 1 N–H and O–H groups in total. The first kappa shape index (κ1) is 13.7. The predicted octanol–water partition coefficient (Wildman–Crippen LogP) is 3.38. The number of thiophene rings is 1. The van der Waals surface area contributed by atoms with Gasteiger partial charge < -0.3 is 10.1 Å². The van der Waals surface area contributed by atoms with Crippen LogP contribution in [0.5, 0.6) is 0 Å². The summed E-state index contributed by atoms with van der Waals surface area (Å²) in [4.78, 5) is 1.36. The number of methoxy groups -OCH3 is 1. The van der Waals surface area contributed by atoms with E-state index in [-0.39, 0.29) is 6.10 Å². The number of nitrogens with one attached hydrogen (secondary N) is 1. The third-order valence-electron chi connectivity index (χ3n) is 2.79. The summed E-state index contributed by atoms with van der Waals surface area (Å²) < 4.78 is 5.63. The predicted molar refractivity (Wildman–Crippen MR) is 71.1 cm³/mol. The van der Waals surface area contributed by atoms with Gasteiger partial charge in [0.2, 0.25) is 0 Å². The molecule has 92 valence electrons. The summed E-state index contributed by atoms with van der Waals surface area (Å²) in [6.07, 6.45) is 0.231. The molecule has 2 unspecified atom stereocenters. The fourth-order valence-electron chi connectivity index (χ4n) is 2.06. The molecule has 0 aromatic carbocycles. The molecule has 0 bridgehead atoms. The Morgan fingerprint density at radius 1 is 1.44 bits per heavy atom. The quantitative estimate of drug-likeness (QED) is 0.824. The molecule has 0 amide bonds. The Labute approximate surface area is 103 Å². The van der Waals surface area contributed by atoms with Crippen molar-refractivity contribution >= 4 is 11.3 Å². The summed E-state index contributed by atoms with van der Waals surface area (Å²) in [7, 11) is 1.80. The Hall–Kier alpha value is -0.380. The largest absolute Gasteiger partial charge is 0.379 e. The normalized spacial score (nSPS) is 15.4. The second kappa shape index (κ2) is 6.38. The Balaban J connectivity index is 2.88. The molecule has 1 aromatic rings. The van der Waals surface area contributed by atoms with Crippen molar-refractivity contribution in [3.8, 4) is 0 Å². The van der Waals surface area contributed by atoms with Crippen LogP contribution in [0.15, 0.2) is 11.4 Å². The number of ether oxygens (including phenoxy) is 1. The highest BCUT2D eigenvalue weighted by molar-refractivity contribution is 7.10. The minimum absolute atomic E-state index is 0.231. The van der Waals surface area contributed by atoms with Crippen molar-refractivity contribution in [2.75, 3.05) is 13.7 Å². The lowest BCUT2D eigenvalue weighted by Crippen LogP contribution is -2.36. The minimum Gasteiger partial charge on any atom is -0.379 e. The smallest absolute Gasteiger partial charge is 0.0789 e.